The van der Waals surface area contributed by atoms with E-state index in [0.29, 0.717) is 6.04 Å². The number of hydrogen-bond acceptors (Lipinski definition) is 5. The van der Waals surface area contributed by atoms with Gasteiger partial charge in [0.05, 0.1) is 0 Å². The van der Waals surface area contributed by atoms with Gasteiger partial charge in [0.15, 0.2) is 0 Å². The molecule has 18 heavy (non-hydrogen) atoms. The van der Waals surface area contributed by atoms with Crippen molar-refractivity contribution in [2.24, 2.45) is 0 Å². The maximum atomic E-state index is 8.95. The zero-order chi connectivity index (χ0) is 13.2. The lowest BCUT2D eigenvalue weighted by Crippen LogP contribution is -2.29. The maximum absolute atomic E-state index is 8.95. The summed E-state index contributed by atoms with van der Waals surface area (Å²) in [6, 6.07) is 0.540. The van der Waals surface area contributed by atoms with E-state index in [1.807, 2.05) is 0 Å². The van der Waals surface area contributed by atoms with Crippen LogP contribution in [0.25, 0.3) is 0 Å². The average molecular weight is 269 g/mol. The molecule has 2 heterocycles. The van der Waals surface area contributed by atoms with E-state index in [2.05, 4.69) is 30.0 Å². The predicted molar refractivity (Wildman–Crippen MR) is 75.3 cm³/mol. The normalized spacial score (nSPS) is 20.7. The highest BCUT2D eigenvalue weighted by atomic mass is 32.1. The van der Waals surface area contributed by atoms with Gasteiger partial charge in [-0.1, -0.05) is 20.8 Å². The van der Waals surface area contributed by atoms with E-state index in [-0.39, 0.29) is 12.0 Å². The summed E-state index contributed by atoms with van der Waals surface area (Å²) in [7, 11) is 0. The van der Waals surface area contributed by atoms with Crippen LogP contribution in [0.5, 0.6) is 0 Å². The molecule has 0 spiro atoms. The molecule has 0 aromatic carbocycles. The van der Waals surface area contributed by atoms with Crippen LogP contribution in [0.1, 0.15) is 52.3 Å². The summed E-state index contributed by atoms with van der Waals surface area (Å²) in [6.07, 6.45) is 4.37. The zero-order valence-electron chi connectivity index (χ0n) is 11.5. The molecule has 5 heteroatoms. The summed E-state index contributed by atoms with van der Waals surface area (Å²) < 4.78 is 4.49. The van der Waals surface area contributed by atoms with Crippen molar-refractivity contribution in [3.8, 4) is 0 Å². The van der Waals surface area contributed by atoms with Crippen molar-refractivity contribution >= 4 is 16.7 Å². The van der Waals surface area contributed by atoms with Gasteiger partial charge in [0.1, 0.15) is 5.82 Å². The fraction of sp³-hybridized carbons (Fsp3) is 0.846. The average Bonchev–Trinajstić information content (AvgIpc) is 2.93. The molecule has 1 N–H and O–H groups in total. The zero-order valence-corrected chi connectivity index (χ0v) is 12.3. The highest BCUT2D eigenvalue weighted by Crippen LogP contribution is 2.31. The SMILES string of the molecule is CC(C)(C)c1nsc(N2CCCC2CCCO)n1. The van der Waals surface area contributed by atoms with Crippen molar-refractivity contribution in [1.29, 1.82) is 0 Å². The molecular weight excluding hydrogens is 246 g/mol. The van der Waals surface area contributed by atoms with Crippen LogP contribution in [0.3, 0.4) is 0 Å². The lowest BCUT2D eigenvalue weighted by Gasteiger charge is -2.23. The van der Waals surface area contributed by atoms with Crippen molar-refractivity contribution in [2.75, 3.05) is 18.1 Å². The molecule has 0 aliphatic carbocycles. The molecule has 0 amide bonds. The summed E-state index contributed by atoms with van der Waals surface area (Å²) in [5, 5.41) is 10.0. The van der Waals surface area contributed by atoms with E-state index in [0.717, 1.165) is 30.3 Å². The Kier molecular flexibility index (Phi) is 4.22. The number of aliphatic hydroxyl groups is 1. The fourth-order valence-electron chi connectivity index (χ4n) is 2.35. The second kappa shape index (κ2) is 5.53. The first kappa shape index (κ1) is 13.7. The van der Waals surface area contributed by atoms with Gasteiger partial charge < -0.3 is 10.0 Å². The van der Waals surface area contributed by atoms with Crippen LogP contribution in [0.15, 0.2) is 0 Å². The van der Waals surface area contributed by atoms with Crippen LogP contribution in [0.4, 0.5) is 5.13 Å². The highest BCUT2D eigenvalue weighted by molar-refractivity contribution is 7.09. The standard InChI is InChI=1S/C13H23N3OS/c1-13(2,3)11-14-12(18-15-11)16-8-4-6-10(16)7-5-9-17/h10,17H,4-9H2,1-3H3. The van der Waals surface area contributed by atoms with Gasteiger partial charge in [0.25, 0.3) is 0 Å². The minimum absolute atomic E-state index is 0.0229. The molecule has 1 aliphatic rings. The Labute approximate surface area is 113 Å². The molecular formula is C13H23N3OS. The molecule has 1 aliphatic heterocycles. The Hall–Kier alpha value is -0.680. The quantitative estimate of drug-likeness (QED) is 0.912. The number of aromatic nitrogens is 2. The Morgan fingerprint density at radius 3 is 2.83 bits per heavy atom. The lowest BCUT2D eigenvalue weighted by molar-refractivity contribution is 0.279. The second-order valence-electron chi connectivity index (χ2n) is 6.01. The minimum Gasteiger partial charge on any atom is -0.396 e. The molecule has 0 bridgehead atoms. The van der Waals surface area contributed by atoms with E-state index >= 15 is 0 Å². The Balaban J connectivity index is 2.08. The summed E-state index contributed by atoms with van der Waals surface area (Å²) >= 11 is 1.51. The van der Waals surface area contributed by atoms with Gasteiger partial charge >= 0.3 is 0 Å². The van der Waals surface area contributed by atoms with E-state index in [1.165, 1.54) is 24.4 Å². The third-order valence-electron chi connectivity index (χ3n) is 3.40. The molecule has 1 aromatic rings. The predicted octanol–water partition coefficient (Wildman–Crippen LogP) is 2.58. The van der Waals surface area contributed by atoms with E-state index in [4.69, 9.17) is 10.1 Å². The van der Waals surface area contributed by atoms with E-state index in [1.54, 1.807) is 0 Å². The number of aliphatic hydroxyl groups excluding tert-OH is 1. The highest BCUT2D eigenvalue weighted by Gasteiger charge is 2.28. The summed E-state index contributed by atoms with van der Waals surface area (Å²) in [6.45, 7) is 7.80. The molecule has 0 radical (unpaired) electrons. The number of hydrogen-bond donors (Lipinski definition) is 1. The van der Waals surface area contributed by atoms with E-state index < -0.39 is 0 Å². The molecule has 102 valence electrons. The number of anilines is 1. The third-order valence-corrected chi connectivity index (χ3v) is 4.16. The van der Waals surface area contributed by atoms with E-state index in [9.17, 15) is 0 Å². The Bertz CT molecular complexity index is 386. The maximum Gasteiger partial charge on any atom is 0.205 e. The molecule has 1 saturated heterocycles. The largest absolute Gasteiger partial charge is 0.396 e. The first-order chi connectivity index (χ1) is 8.52. The van der Waals surface area contributed by atoms with Crippen LogP contribution in [0, 0.1) is 0 Å². The molecule has 1 aromatic heterocycles. The lowest BCUT2D eigenvalue weighted by atomic mass is 9.96. The van der Waals surface area contributed by atoms with Crippen molar-refractivity contribution in [1.82, 2.24) is 9.36 Å². The second-order valence-corrected chi connectivity index (χ2v) is 6.74. The minimum atomic E-state index is 0.0229. The molecule has 4 nitrogen and oxygen atoms in total. The smallest absolute Gasteiger partial charge is 0.205 e. The summed E-state index contributed by atoms with van der Waals surface area (Å²) in [5.41, 5.74) is 0.0229. The van der Waals surface area contributed by atoms with Crippen LogP contribution in [-0.2, 0) is 5.41 Å². The summed E-state index contributed by atoms with van der Waals surface area (Å²) in [4.78, 5) is 7.07. The first-order valence-electron chi connectivity index (χ1n) is 6.74. The van der Waals surface area contributed by atoms with Crippen LogP contribution >= 0.6 is 11.5 Å². The molecule has 0 saturated carbocycles. The van der Waals surface area contributed by atoms with Gasteiger partial charge in [-0.2, -0.15) is 4.37 Å². The Morgan fingerprint density at radius 1 is 1.44 bits per heavy atom. The molecule has 1 atom stereocenters. The Morgan fingerprint density at radius 2 is 2.22 bits per heavy atom. The van der Waals surface area contributed by atoms with Crippen molar-refractivity contribution in [3.63, 3.8) is 0 Å². The van der Waals surface area contributed by atoms with Gasteiger partial charge in [-0.3, -0.25) is 0 Å². The number of nitrogens with zero attached hydrogens (tertiary/aromatic N) is 3. The molecule has 2 rings (SSSR count). The monoisotopic (exact) mass is 269 g/mol. The topological polar surface area (TPSA) is 49.2 Å². The van der Waals surface area contributed by atoms with Crippen LogP contribution in [-0.4, -0.2) is 33.7 Å². The van der Waals surface area contributed by atoms with Gasteiger partial charge in [-0.25, -0.2) is 4.98 Å². The van der Waals surface area contributed by atoms with Gasteiger partial charge in [0, 0.05) is 36.1 Å². The van der Waals surface area contributed by atoms with Crippen LogP contribution < -0.4 is 4.90 Å². The third kappa shape index (κ3) is 3.01. The fourth-order valence-corrected chi connectivity index (χ4v) is 3.31. The molecule has 1 fully saturated rings. The van der Waals surface area contributed by atoms with Crippen molar-refractivity contribution in [3.05, 3.63) is 5.82 Å². The molecule has 1 unspecified atom stereocenters. The summed E-state index contributed by atoms with van der Waals surface area (Å²) in [5.74, 6) is 0.940. The van der Waals surface area contributed by atoms with Gasteiger partial charge in [-0.05, 0) is 25.7 Å². The van der Waals surface area contributed by atoms with Crippen molar-refractivity contribution < 1.29 is 5.11 Å². The first-order valence-corrected chi connectivity index (χ1v) is 7.51. The van der Waals surface area contributed by atoms with Crippen LogP contribution in [0.2, 0.25) is 0 Å². The van der Waals surface area contributed by atoms with Gasteiger partial charge in [-0.15, -0.1) is 0 Å². The number of rotatable bonds is 4. The van der Waals surface area contributed by atoms with Gasteiger partial charge in [0.2, 0.25) is 5.13 Å². The van der Waals surface area contributed by atoms with Crippen molar-refractivity contribution in [2.45, 2.75) is 57.9 Å².